The summed E-state index contributed by atoms with van der Waals surface area (Å²) in [5.74, 6) is -2.56. The highest BCUT2D eigenvalue weighted by molar-refractivity contribution is 7.93. The van der Waals surface area contributed by atoms with Crippen LogP contribution in [-0.4, -0.2) is 57.0 Å². The number of aromatic nitrogens is 1. The number of carbonyl (C=O) groups excluding carboxylic acids is 1. The van der Waals surface area contributed by atoms with E-state index in [-0.39, 0.29) is 37.1 Å². The van der Waals surface area contributed by atoms with Crippen molar-refractivity contribution in [1.82, 2.24) is 0 Å². The summed E-state index contributed by atoms with van der Waals surface area (Å²) in [6.45, 7) is 0.199. The molecule has 0 atom stereocenters. The molecule has 0 fully saturated rings. The van der Waals surface area contributed by atoms with E-state index in [2.05, 4.69) is 0 Å². The first kappa shape index (κ1) is 29.9. The molecule has 0 aliphatic rings. The summed E-state index contributed by atoms with van der Waals surface area (Å²) < 4.78 is 66.9. The molecule has 3 aromatic carbocycles. The van der Waals surface area contributed by atoms with E-state index in [1.807, 2.05) is 4.57 Å². The maximum absolute atomic E-state index is 14.4. The molecule has 1 amide bonds. The van der Waals surface area contributed by atoms with Crippen LogP contribution in [0.25, 0.3) is 21.8 Å². The lowest BCUT2D eigenvalue weighted by Gasteiger charge is -2.24. The molecule has 2 N–H and O–H groups in total. The van der Waals surface area contributed by atoms with Crippen LogP contribution in [0.15, 0.2) is 72.8 Å². The number of fused-ring (bicyclic) bond motifs is 2. The maximum Gasteiger partial charge on any atom is 0.303 e. The van der Waals surface area contributed by atoms with E-state index in [0.717, 1.165) is 0 Å². The zero-order valence-electron chi connectivity index (χ0n) is 22.1. The second-order valence-corrected chi connectivity index (χ2v) is 12.8. The standard InChI is InChI=1S/C28H28N2O9S2/c1-39-21-15-13-20(14-16-21)30(40(34,35)18-6-12-26(31)32)28(33)27-22-8-2-4-10-24(22)29(17-7-19-41(36,37)38)25-11-5-3-9-23(25)27/h2-5,8-11,13-16H,6-7,12,17-19H2,1H3,(H-,31,32,36,37,38)/p+1. The number of aliphatic carboxylic acids is 1. The number of sulfonamides is 1. The van der Waals surface area contributed by atoms with Crippen molar-refractivity contribution in [1.29, 1.82) is 0 Å². The van der Waals surface area contributed by atoms with Gasteiger partial charge in [-0.3, -0.25) is 14.1 Å². The van der Waals surface area contributed by atoms with Crippen LogP contribution in [0.3, 0.4) is 0 Å². The Morgan fingerprint density at radius 2 is 1.39 bits per heavy atom. The molecule has 0 bridgehead atoms. The van der Waals surface area contributed by atoms with Gasteiger partial charge in [-0.05, 0) is 42.8 Å². The van der Waals surface area contributed by atoms with E-state index in [1.54, 1.807) is 48.5 Å². The number of para-hydroxylation sites is 2. The fourth-order valence-electron chi connectivity index (χ4n) is 4.71. The highest BCUT2D eigenvalue weighted by atomic mass is 32.2. The normalized spacial score (nSPS) is 12.0. The summed E-state index contributed by atoms with van der Waals surface area (Å²) in [5.41, 5.74) is 1.29. The second kappa shape index (κ2) is 12.2. The van der Waals surface area contributed by atoms with Crippen molar-refractivity contribution in [2.45, 2.75) is 25.8 Å². The van der Waals surface area contributed by atoms with Crippen LogP contribution in [0.2, 0.25) is 0 Å². The van der Waals surface area contributed by atoms with Crippen molar-refractivity contribution in [2.24, 2.45) is 0 Å². The Hall–Kier alpha value is -4.07. The quantitative estimate of drug-likeness (QED) is 0.141. The number of anilines is 1. The summed E-state index contributed by atoms with van der Waals surface area (Å²) in [6, 6.07) is 19.7. The first-order valence-corrected chi connectivity index (χ1v) is 15.9. The monoisotopic (exact) mass is 601 g/mol. The number of ether oxygens (including phenoxy) is 1. The number of amides is 1. The molecule has 1 aromatic heterocycles. The lowest BCUT2D eigenvalue weighted by molar-refractivity contribution is -0.645. The van der Waals surface area contributed by atoms with Gasteiger partial charge < -0.3 is 9.84 Å². The first-order chi connectivity index (χ1) is 19.4. The van der Waals surface area contributed by atoms with E-state index in [9.17, 15) is 31.0 Å². The first-order valence-electron chi connectivity index (χ1n) is 12.6. The van der Waals surface area contributed by atoms with Gasteiger partial charge in [-0.15, -0.1) is 0 Å². The molecule has 41 heavy (non-hydrogen) atoms. The molecule has 4 aromatic rings. The SMILES string of the molecule is COc1ccc(N(C(=O)c2c3ccccc3[n+](CCCS(=O)(=O)O)c3ccccc23)S(=O)(=O)CCCC(=O)O)cc1. The van der Waals surface area contributed by atoms with E-state index in [0.29, 0.717) is 31.9 Å². The molecule has 0 aliphatic carbocycles. The Labute approximate surface area is 237 Å². The number of aryl methyl sites for hydroxylation is 1. The third-order valence-corrected chi connectivity index (χ3v) is 9.03. The van der Waals surface area contributed by atoms with Crippen molar-refractivity contribution in [2.75, 3.05) is 22.9 Å². The van der Waals surface area contributed by atoms with Gasteiger partial charge in [0.1, 0.15) is 5.75 Å². The topological polar surface area (TPSA) is 159 Å². The van der Waals surface area contributed by atoms with Crippen molar-refractivity contribution in [3.63, 3.8) is 0 Å². The average molecular weight is 602 g/mol. The summed E-state index contributed by atoms with van der Waals surface area (Å²) in [4.78, 5) is 25.5. The van der Waals surface area contributed by atoms with Crippen LogP contribution in [0.1, 0.15) is 29.6 Å². The van der Waals surface area contributed by atoms with Gasteiger partial charge in [-0.1, -0.05) is 24.3 Å². The number of hydrogen-bond donors (Lipinski definition) is 2. The van der Waals surface area contributed by atoms with Crippen molar-refractivity contribution in [3.8, 4) is 5.75 Å². The molecule has 0 radical (unpaired) electrons. The van der Waals surface area contributed by atoms with Crippen LogP contribution in [-0.2, 0) is 31.5 Å². The second-order valence-electron chi connectivity index (χ2n) is 9.28. The van der Waals surface area contributed by atoms with E-state index in [1.165, 1.54) is 31.4 Å². The Kier molecular flexibility index (Phi) is 8.90. The average Bonchev–Trinajstić information content (AvgIpc) is 2.92. The predicted octanol–water partition coefficient (Wildman–Crippen LogP) is 3.41. The van der Waals surface area contributed by atoms with Crippen LogP contribution in [0.5, 0.6) is 5.75 Å². The zero-order valence-corrected chi connectivity index (χ0v) is 23.8. The number of benzene rings is 3. The molecule has 0 aliphatic heterocycles. The molecule has 0 saturated heterocycles. The highest BCUT2D eigenvalue weighted by Gasteiger charge is 2.34. The lowest BCUT2D eigenvalue weighted by atomic mass is 10.0. The zero-order chi connectivity index (χ0) is 29.8. The van der Waals surface area contributed by atoms with E-state index < -0.39 is 43.5 Å². The molecular weight excluding hydrogens is 572 g/mol. The summed E-state index contributed by atoms with van der Waals surface area (Å²) in [7, 11) is -7.07. The molecule has 13 heteroatoms. The van der Waals surface area contributed by atoms with Gasteiger partial charge in [-0.25, -0.2) is 12.7 Å². The van der Waals surface area contributed by atoms with Gasteiger partial charge in [0.05, 0.1) is 40.6 Å². The highest BCUT2D eigenvalue weighted by Crippen LogP contribution is 2.31. The summed E-state index contributed by atoms with van der Waals surface area (Å²) in [5, 5.41) is 9.91. The lowest BCUT2D eigenvalue weighted by Crippen LogP contribution is -2.41. The fourth-order valence-corrected chi connectivity index (χ4v) is 6.68. The van der Waals surface area contributed by atoms with Gasteiger partial charge >= 0.3 is 5.97 Å². The van der Waals surface area contributed by atoms with Gasteiger partial charge in [0.25, 0.3) is 16.0 Å². The number of rotatable bonds is 12. The van der Waals surface area contributed by atoms with Gasteiger partial charge in [0.15, 0.2) is 6.54 Å². The molecule has 4 rings (SSSR count). The predicted molar refractivity (Wildman–Crippen MR) is 153 cm³/mol. The van der Waals surface area contributed by atoms with E-state index >= 15 is 0 Å². The molecular formula is C28H29N2O9S2+. The Morgan fingerprint density at radius 1 is 0.829 bits per heavy atom. The number of carbonyl (C=O) groups is 2. The van der Waals surface area contributed by atoms with Crippen molar-refractivity contribution < 1.29 is 45.4 Å². The largest absolute Gasteiger partial charge is 0.497 e. The Balaban J connectivity index is 1.93. The summed E-state index contributed by atoms with van der Waals surface area (Å²) in [6.07, 6.45) is -0.479. The third-order valence-electron chi connectivity index (χ3n) is 6.49. The number of hydrogen-bond acceptors (Lipinski definition) is 7. The number of nitrogens with zero attached hydrogens (tertiary/aromatic N) is 2. The number of pyridine rings is 1. The van der Waals surface area contributed by atoms with Crippen molar-refractivity contribution in [3.05, 3.63) is 78.4 Å². The van der Waals surface area contributed by atoms with E-state index in [4.69, 9.17) is 9.84 Å². The van der Waals surface area contributed by atoms with Gasteiger partial charge in [0, 0.05) is 25.0 Å². The third kappa shape index (κ3) is 6.81. The minimum atomic E-state index is -4.34. The minimum absolute atomic E-state index is 0.0594. The molecule has 0 saturated carbocycles. The van der Waals surface area contributed by atoms with Crippen LogP contribution in [0, 0.1) is 0 Å². The summed E-state index contributed by atoms with van der Waals surface area (Å²) >= 11 is 0. The van der Waals surface area contributed by atoms with Gasteiger partial charge in [-0.2, -0.15) is 13.0 Å². The maximum atomic E-state index is 14.4. The smallest absolute Gasteiger partial charge is 0.303 e. The fraction of sp³-hybridized carbons (Fsp3) is 0.250. The number of methoxy groups -OCH3 is 1. The van der Waals surface area contributed by atoms with Crippen LogP contribution in [0.4, 0.5) is 5.69 Å². The van der Waals surface area contributed by atoms with Crippen molar-refractivity contribution >= 4 is 59.5 Å². The molecule has 0 spiro atoms. The molecule has 1 heterocycles. The van der Waals surface area contributed by atoms with Gasteiger partial charge in [0.2, 0.25) is 21.1 Å². The Bertz CT molecular complexity index is 1760. The minimum Gasteiger partial charge on any atom is -0.497 e. The van der Waals surface area contributed by atoms with Crippen LogP contribution >= 0.6 is 0 Å². The molecule has 11 nitrogen and oxygen atoms in total. The number of carboxylic acids is 1. The molecule has 216 valence electrons. The number of carboxylic acid groups (broad SMARTS) is 1. The Morgan fingerprint density at radius 3 is 1.90 bits per heavy atom. The molecule has 0 unspecified atom stereocenters. The van der Waals surface area contributed by atoms with Crippen LogP contribution < -0.4 is 13.6 Å².